The molecule has 1 aliphatic carbocycles. The molecule has 112 valence electrons. The fourth-order valence-corrected chi connectivity index (χ4v) is 3.67. The number of nitrogens with zero attached hydrogens (tertiary/aromatic N) is 1. The van der Waals surface area contributed by atoms with Crippen LogP contribution in [0, 0.1) is 5.92 Å². The minimum atomic E-state index is -0.168. The Kier molecular flexibility index (Phi) is 5.00. The van der Waals surface area contributed by atoms with Crippen LogP contribution in [0.15, 0.2) is 18.5 Å². The summed E-state index contributed by atoms with van der Waals surface area (Å²) in [5.74, 6) is 0.684. The Balaban J connectivity index is 2.37. The summed E-state index contributed by atoms with van der Waals surface area (Å²) >= 11 is 0. The Morgan fingerprint density at radius 1 is 1.60 bits per heavy atom. The van der Waals surface area contributed by atoms with E-state index >= 15 is 0 Å². The second kappa shape index (κ2) is 6.55. The molecular formula is C16H27N3O. The van der Waals surface area contributed by atoms with Crippen molar-refractivity contribution in [3.8, 4) is 0 Å². The van der Waals surface area contributed by atoms with Crippen molar-refractivity contribution in [2.75, 3.05) is 19.4 Å². The molecule has 0 spiro atoms. The summed E-state index contributed by atoms with van der Waals surface area (Å²) in [6.07, 6.45) is 8.25. The number of hydrogen-bond donors (Lipinski definition) is 2. The standard InChI is InChI=1S/C16H27N3O/c1-4-20-16(8-5-6-12(2)10-16)15(18-3)13-11-19-9-7-14(13)17/h7,9,11-12,15,18H,4-6,8,10H2,1-3H3,(H2,17,19). The van der Waals surface area contributed by atoms with Crippen LogP contribution in [0.4, 0.5) is 5.69 Å². The molecule has 1 aliphatic rings. The second-order valence-electron chi connectivity index (χ2n) is 5.93. The molecule has 3 atom stereocenters. The smallest absolute Gasteiger partial charge is 0.0879 e. The summed E-state index contributed by atoms with van der Waals surface area (Å²) in [4.78, 5) is 4.24. The zero-order valence-electron chi connectivity index (χ0n) is 12.9. The SMILES string of the molecule is CCOC1(C(NC)c2cnccc2N)CCCC(C)C1. The number of aromatic nitrogens is 1. The van der Waals surface area contributed by atoms with E-state index in [0.29, 0.717) is 5.92 Å². The lowest BCUT2D eigenvalue weighted by atomic mass is 9.72. The Morgan fingerprint density at radius 3 is 3.00 bits per heavy atom. The van der Waals surface area contributed by atoms with E-state index in [0.717, 1.165) is 30.7 Å². The minimum absolute atomic E-state index is 0.0962. The van der Waals surface area contributed by atoms with Crippen molar-refractivity contribution in [2.24, 2.45) is 5.92 Å². The van der Waals surface area contributed by atoms with Gasteiger partial charge in [0.2, 0.25) is 0 Å². The maximum atomic E-state index is 6.26. The molecule has 0 amide bonds. The van der Waals surface area contributed by atoms with Crippen LogP contribution in [0.25, 0.3) is 0 Å². The Morgan fingerprint density at radius 2 is 2.40 bits per heavy atom. The first-order valence-corrected chi connectivity index (χ1v) is 7.63. The largest absolute Gasteiger partial charge is 0.398 e. The molecule has 0 aliphatic heterocycles. The summed E-state index contributed by atoms with van der Waals surface area (Å²) in [5, 5.41) is 3.43. The number of pyridine rings is 1. The van der Waals surface area contributed by atoms with Crippen molar-refractivity contribution in [2.45, 2.75) is 51.2 Å². The molecule has 1 aromatic rings. The number of likely N-dealkylation sites (N-methyl/N-ethyl adjacent to an activating group) is 1. The van der Waals surface area contributed by atoms with Crippen molar-refractivity contribution < 1.29 is 4.74 Å². The molecule has 4 heteroatoms. The van der Waals surface area contributed by atoms with E-state index in [1.165, 1.54) is 12.8 Å². The molecule has 0 aromatic carbocycles. The van der Waals surface area contributed by atoms with E-state index < -0.39 is 0 Å². The number of anilines is 1. The third-order valence-corrected chi connectivity index (χ3v) is 4.44. The molecule has 1 heterocycles. The molecule has 1 fully saturated rings. The third kappa shape index (κ3) is 2.96. The third-order valence-electron chi connectivity index (χ3n) is 4.44. The zero-order valence-corrected chi connectivity index (χ0v) is 12.9. The van der Waals surface area contributed by atoms with Gasteiger partial charge in [0.15, 0.2) is 0 Å². The molecule has 3 unspecified atom stereocenters. The molecule has 2 rings (SSSR count). The number of ether oxygens (including phenoxy) is 1. The van der Waals surface area contributed by atoms with Crippen LogP contribution in [-0.4, -0.2) is 24.2 Å². The summed E-state index contributed by atoms with van der Waals surface area (Å²) < 4.78 is 6.26. The van der Waals surface area contributed by atoms with Crippen molar-refractivity contribution in [3.05, 3.63) is 24.0 Å². The molecule has 0 radical (unpaired) electrons. The van der Waals surface area contributed by atoms with E-state index in [2.05, 4.69) is 24.1 Å². The van der Waals surface area contributed by atoms with Crippen LogP contribution in [0.2, 0.25) is 0 Å². The Hall–Kier alpha value is -1.13. The van der Waals surface area contributed by atoms with Gasteiger partial charge in [-0.05, 0) is 38.8 Å². The number of hydrogen-bond acceptors (Lipinski definition) is 4. The van der Waals surface area contributed by atoms with Gasteiger partial charge in [-0.2, -0.15) is 0 Å². The first-order chi connectivity index (χ1) is 9.63. The number of rotatable bonds is 5. The lowest BCUT2D eigenvalue weighted by Crippen LogP contribution is -2.48. The summed E-state index contributed by atoms with van der Waals surface area (Å²) in [5.41, 5.74) is 7.83. The molecular weight excluding hydrogens is 250 g/mol. The topological polar surface area (TPSA) is 60.2 Å². The van der Waals surface area contributed by atoms with Gasteiger partial charge in [-0.3, -0.25) is 4.98 Å². The van der Waals surface area contributed by atoms with E-state index in [4.69, 9.17) is 10.5 Å². The number of nitrogens with two attached hydrogens (primary N) is 1. The van der Waals surface area contributed by atoms with Gasteiger partial charge >= 0.3 is 0 Å². The van der Waals surface area contributed by atoms with Crippen LogP contribution < -0.4 is 11.1 Å². The Bertz CT molecular complexity index is 433. The van der Waals surface area contributed by atoms with Crippen LogP contribution in [-0.2, 0) is 4.74 Å². The van der Waals surface area contributed by atoms with Gasteiger partial charge in [-0.1, -0.05) is 19.8 Å². The highest BCUT2D eigenvalue weighted by Gasteiger charge is 2.43. The molecule has 0 bridgehead atoms. The van der Waals surface area contributed by atoms with Gasteiger partial charge in [-0.25, -0.2) is 0 Å². The summed E-state index contributed by atoms with van der Waals surface area (Å²) in [7, 11) is 1.98. The number of nitrogen functional groups attached to an aromatic ring is 1. The predicted octanol–water partition coefficient (Wildman–Crippen LogP) is 2.91. The monoisotopic (exact) mass is 277 g/mol. The van der Waals surface area contributed by atoms with Crippen LogP contribution >= 0.6 is 0 Å². The van der Waals surface area contributed by atoms with Gasteiger partial charge in [0.25, 0.3) is 0 Å². The average molecular weight is 277 g/mol. The minimum Gasteiger partial charge on any atom is -0.398 e. The molecule has 1 aromatic heterocycles. The van der Waals surface area contributed by atoms with Crippen LogP contribution in [0.3, 0.4) is 0 Å². The highest BCUT2D eigenvalue weighted by molar-refractivity contribution is 5.47. The molecule has 3 N–H and O–H groups in total. The van der Waals surface area contributed by atoms with Crippen molar-refractivity contribution in [1.29, 1.82) is 0 Å². The predicted molar refractivity (Wildman–Crippen MR) is 82.4 cm³/mol. The molecule has 4 nitrogen and oxygen atoms in total. The number of nitrogens with one attached hydrogen (secondary N) is 1. The van der Waals surface area contributed by atoms with Crippen molar-refractivity contribution >= 4 is 5.69 Å². The summed E-state index contributed by atoms with van der Waals surface area (Å²) in [6, 6.07) is 1.96. The fourth-order valence-electron chi connectivity index (χ4n) is 3.67. The molecule has 1 saturated carbocycles. The zero-order chi connectivity index (χ0) is 14.6. The lowest BCUT2D eigenvalue weighted by molar-refractivity contribution is -0.100. The second-order valence-corrected chi connectivity index (χ2v) is 5.93. The molecule has 0 saturated heterocycles. The highest BCUT2D eigenvalue weighted by Crippen LogP contribution is 2.44. The van der Waals surface area contributed by atoms with Gasteiger partial charge < -0.3 is 15.8 Å². The van der Waals surface area contributed by atoms with Crippen LogP contribution in [0.5, 0.6) is 0 Å². The highest BCUT2D eigenvalue weighted by atomic mass is 16.5. The quantitative estimate of drug-likeness (QED) is 0.869. The van der Waals surface area contributed by atoms with E-state index in [1.54, 1.807) is 6.20 Å². The first kappa shape index (κ1) is 15.3. The lowest BCUT2D eigenvalue weighted by Gasteiger charge is -2.45. The van der Waals surface area contributed by atoms with E-state index in [1.807, 2.05) is 19.3 Å². The molecule has 20 heavy (non-hydrogen) atoms. The first-order valence-electron chi connectivity index (χ1n) is 7.63. The maximum Gasteiger partial charge on any atom is 0.0879 e. The maximum absolute atomic E-state index is 6.26. The van der Waals surface area contributed by atoms with Crippen LogP contribution in [0.1, 0.15) is 51.1 Å². The van der Waals surface area contributed by atoms with E-state index in [-0.39, 0.29) is 11.6 Å². The van der Waals surface area contributed by atoms with Gasteiger partial charge in [0.05, 0.1) is 11.6 Å². The Labute approximate surface area is 122 Å². The normalized spacial score (nSPS) is 28.2. The fraction of sp³-hybridized carbons (Fsp3) is 0.688. The summed E-state index contributed by atoms with van der Waals surface area (Å²) in [6.45, 7) is 5.11. The van der Waals surface area contributed by atoms with Crippen molar-refractivity contribution in [1.82, 2.24) is 10.3 Å². The van der Waals surface area contributed by atoms with Crippen molar-refractivity contribution in [3.63, 3.8) is 0 Å². The van der Waals surface area contributed by atoms with Gasteiger partial charge in [0.1, 0.15) is 0 Å². The average Bonchev–Trinajstić information content (AvgIpc) is 2.42. The van der Waals surface area contributed by atoms with E-state index in [9.17, 15) is 0 Å². The van der Waals surface area contributed by atoms with Gasteiger partial charge in [0, 0.05) is 30.3 Å². The van der Waals surface area contributed by atoms with Gasteiger partial charge in [-0.15, -0.1) is 0 Å².